The zero-order chi connectivity index (χ0) is 12.4. The van der Waals surface area contributed by atoms with Gasteiger partial charge in [0.2, 0.25) is 0 Å². The Morgan fingerprint density at radius 3 is 2.71 bits per heavy atom. The quantitative estimate of drug-likeness (QED) is 0.432. The van der Waals surface area contributed by atoms with Crippen molar-refractivity contribution in [2.24, 2.45) is 17.8 Å². The minimum Gasteiger partial charge on any atom is -0.361 e. The van der Waals surface area contributed by atoms with Gasteiger partial charge in [-0.2, -0.15) is 8.42 Å². The molecule has 0 aromatic heterocycles. The first-order valence-electron chi connectivity index (χ1n) is 6.12. The molecule has 3 rings (SSSR count). The van der Waals surface area contributed by atoms with Crippen LogP contribution in [-0.4, -0.2) is 30.0 Å². The van der Waals surface area contributed by atoms with Gasteiger partial charge in [0.25, 0.3) is 10.1 Å². The van der Waals surface area contributed by atoms with Crippen molar-refractivity contribution in [3.05, 3.63) is 0 Å². The van der Waals surface area contributed by atoms with Crippen molar-refractivity contribution in [1.82, 2.24) is 0 Å². The second-order valence-corrected chi connectivity index (χ2v) is 8.69. The molecule has 1 saturated heterocycles. The summed E-state index contributed by atoms with van der Waals surface area (Å²) in [6.45, 7) is 4.22. The van der Waals surface area contributed by atoms with Gasteiger partial charge in [0.15, 0.2) is 0 Å². The molecule has 2 aliphatic carbocycles. The SMILES string of the molecule is CC(C)C(I)OC1C2CC3C1OS(=O)(=O)C3C2. The van der Waals surface area contributed by atoms with Gasteiger partial charge in [-0.15, -0.1) is 0 Å². The van der Waals surface area contributed by atoms with Gasteiger partial charge in [0.05, 0.1) is 11.4 Å². The molecule has 3 fully saturated rings. The lowest BCUT2D eigenvalue weighted by Gasteiger charge is -2.28. The number of ether oxygens (including phenoxy) is 1. The zero-order valence-electron chi connectivity index (χ0n) is 9.87. The largest absolute Gasteiger partial charge is 0.361 e. The predicted molar refractivity (Wildman–Crippen MR) is 71.3 cm³/mol. The Kier molecular flexibility index (Phi) is 3.00. The fourth-order valence-electron chi connectivity index (χ4n) is 3.38. The van der Waals surface area contributed by atoms with Crippen molar-refractivity contribution in [3.63, 3.8) is 0 Å². The van der Waals surface area contributed by atoms with Crippen LogP contribution in [0, 0.1) is 17.8 Å². The maximum absolute atomic E-state index is 11.8. The number of rotatable bonds is 3. The van der Waals surface area contributed by atoms with Crippen LogP contribution >= 0.6 is 22.6 Å². The van der Waals surface area contributed by atoms with E-state index in [1.165, 1.54) is 0 Å². The van der Waals surface area contributed by atoms with Gasteiger partial charge in [-0.25, -0.2) is 0 Å². The molecule has 6 heteroatoms. The molecule has 2 bridgehead atoms. The molecule has 4 nitrogen and oxygen atoms in total. The van der Waals surface area contributed by atoms with E-state index in [0.717, 1.165) is 12.8 Å². The molecule has 6 atom stereocenters. The van der Waals surface area contributed by atoms with Crippen LogP contribution in [0.1, 0.15) is 26.7 Å². The summed E-state index contributed by atoms with van der Waals surface area (Å²) in [7, 11) is -3.30. The summed E-state index contributed by atoms with van der Waals surface area (Å²) in [5.41, 5.74) is 0. The average molecular weight is 372 g/mol. The molecule has 1 aliphatic heterocycles. The monoisotopic (exact) mass is 372 g/mol. The highest BCUT2D eigenvalue weighted by atomic mass is 127. The second kappa shape index (κ2) is 4.05. The van der Waals surface area contributed by atoms with E-state index in [1.54, 1.807) is 0 Å². The minimum absolute atomic E-state index is 0.0159. The molecule has 0 N–H and O–H groups in total. The molecule has 98 valence electrons. The number of hydrogen-bond donors (Lipinski definition) is 0. The van der Waals surface area contributed by atoms with Gasteiger partial charge in [-0.05, 0) is 24.7 Å². The third-order valence-corrected chi connectivity index (χ3v) is 7.73. The maximum Gasteiger partial charge on any atom is 0.270 e. The first-order chi connectivity index (χ1) is 7.90. The van der Waals surface area contributed by atoms with Crippen LogP contribution in [0.3, 0.4) is 0 Å². The normalized spacial score (nSPS) is 47.9. The maximum atomic E-state index is 11.8. The first-order valence-corrected chi connectivity index (χ1v) is 8.83. The van der Waals surface area contributed by atoms with E-state index in [-0.39, 0.29) is 27.5 Å². The third kappa shape index (κ3) is 1.86. The van der Waals surface area contributed by atoms with Crippen molar-refractivity contribution >= 4 is 32.7 Å². The van der Waals surface area contributed by atoms with Crippen molar-refractivity contribution in [1.29, 1.82) is 0 Å². The molecule has 3 aliphatic rings. The van der Waals surface area contributed by atoms with E-state index in [4.69, 9.17) is 8.92 Å². The molecule has 0 amide bonds. The Balaban J connectivity index is 1.78. The van der Waals surface area contributed by atoms with Gasteiger partial charge in [-0.3, -0.25) is 4.18 Å². The van der Waals surface area contributed by atoms with Gasteiger partial charge in [-0.1, -0.05) is 36.4 Å². The van der Waals surface area contributed by atoms with Crippen LogP contribution in [0.5, 0.6) is 0 Å². The average Bonchev–Trinajstić information content (AvgIpc) is 2.81. The number of hydrogen-bond acceptors (Lipinski definition) is 4. The third-order valence-electron chi connectivity index (χ3n) is 4.23. The molecule has 6 unspecified atom stereocenters. The van der Waals surface area contributed by atoms with Crippen molar-refractivity contribution < 1.29 is 17.3 Å². The predicted octanol–water partition coefficient (Wildman–Crippen LogP) is 1.93. The van der Waals surface area contributed by atoms with Crippen LogP contribution in [0.4, 0.5) is 0 Å². The minimum atomic E-state index is -3.30. The Morgan fingerprint density at radius 2 is 2.06 bits per heavy atom. The smallest absolute Gasteiger partial charge is 0.270 e. The zero-order valence-corrected chi connectivity index (χ0v) is 12.8. The van der Waals surface area contributed by atoms with Crippen molar-refractivity contribution in [2.45, 2.75) is 48.3 Å². The van der Waals surface area contributed by atoms with Gasteiger partial charge >= 0.3 is 0 Å². The summed E-state index contributed by atoms with van der Waals surface area (Å²) in [5.74, 6) is 0.998. The topological polar surface area (TPSA) is 52.6 Å². The lowest BCUT2D eigenvalue weighted by atomic mass is 9.94. The molecule has 0 spiro atoms. The molecule has 2 saturated carbocycles. The Hall–Kier alpha value is 0.600. The first kappa shape index (κ1) is 12.6. The molecule has 0 radical (unpaired) electrons. The highest BCUT2D eigenvalue weighted by Crippen LogP contribution is 2.55. The summed E-state index contributed by atoms with van der Waals surface area (Å²) in [6.07, 6.45) is 1.47. The number of fused-ring (bicyclic) bond motifs is 1. The lowest BCUT2D eigenvalue weighted by Crippen LogP contribution is -2.38. The highest BCUT2D eigenvalue weighted by Gasteiger charge is 2.64. The summed E-state index contributed by atoms with van der Waals surface area (Å²) in [5, 5.41) is -0.246. The summed E-state index contributed by atoms with van der Waals surface area (Å²) in [4.78, 5) is 0. The second-order valence-electron chi connectivity index (χ2n) is 5.68. The van der Waals surface area contributed by atoms with E-state index < -0.39 is 10.1 Å². The number of halogens is 1. The molecule has 0 aromatic carbocycles. The summed E-state index contributed by atoms with van der Waals surface area (Å²) >= 11 is 2.28. The lowest BCUT2D eigenvalue weighted by molar-refractivity contribution is -0.0546. The van der Waals surface area contributed by atoms with Crippen molar-refractivity contribution in [3.8, 4) is 0 Å². The summed E-state index contributed by atoms with van der Waals surface area (Å²) < 4.78 is 35.0. The molecule has 0 aromatic rings. The van der Waals surface area contributed by atoms with Crippen LogP contribution in [0.15, 0.2) is 0 Å². The van der Waals surface area contributed by atoms with E-state index in [9.17, 15) is 8.42 Å². The standard InChI is InChI=1S/C11H17IO4S/c1-5(2)11(12)15-9-6-3-7-8(4-6)17(13,14)16-10(7)9/h5-11H,3-4H2,1-2H3. The van der Waals surface area contributed by atoms with Crippen LogP contribution in [-0.2, 0) is 19.0 Å². The Bertz CT molecular complexity index is 421. The van der Waals surface area contributed by atoms with Gasteiger partial charge < -0.3 is 4.74 Å². The van der Waals surface area contributed by atoms with Crippen LogP contribution in [0.2, 0.25) is 0 Å². The molecular weight excluding hydrogens is 355 g/mol. The van der Waals surface area contributed by atoms with Crippen LogP contribution < -0.4 is 0 Å². The number of alkyl halides is 1. The fraction of sp³-hybridized carbons (Fsp3) is 1.00. The molecule has 17 heavy (non-hydrogen) atoms. The van der Waals surface area contributed by atoms with Crippen molar-refractivity contribution in [2.75, 3.05) is 0 Å². The molecular formula is C11H17IO4S. The van der Waals surface area contributed by atoms with E-state index in [2.05, 4.69) is 36.4 Å². The van der Waals surface area contributed by atoms with Gasteiger partial charge in [0.1, 0.15) is 10.2 Å². The van der Waals surface area contributed by atoms with Gasteiger partial charge in [0, 0.05) is 5.92 Å². The molecule has 1 heterocycles. The summed E-state index contributed by atoms with van der Waals surface area (Å²) in [6, 6.07) is 0. The fourth-order valence-corrected chi connectivity index (χ4v) is 5.60. The van der Waals surface area contributed by atoms with E-state index >= 15 is 0 Å². The Morgan fingerprint density at radius 1 is 1.35 bits per heavy atom. The van der Waals surface area contributed by atoms with E-state index in [1.807, 2.05) is 0 Å². The van der Waals surface area contributed by atoms with Crippen LogP contribution in [0.25, 0.3) is 0 Å². The Labute approximate surface area is 116 Å². The van der Waals surface area contributed by atoms with E-state index in [0.29, 0.717) is 11.8 Å². The highest BCUT2D eigenvalue weighted by molar-refractivity contribution is 14.1.